The van der Waals surface area contributed by atoms with Crippen LogP contribution in [-0.2, 0) is 0 Å². The highest BCUT2D eigenvalue weighted by Crippen LogP contribution is 2.24. The van der Waals surface area contributed by atoms with Crippen molar-refractivity contribution in [1.82, 2.24) is 10.2 Å². The topological polar surface area (TPSA) is 55.0 Å². The second-order valence-electron chi connectivity index (χ2n) is 6.24. The lowest BCUT2D eigenvalue weighted by molar-refractivity contribution is 0.412. The van der Waals surface area contributed by atoms with Crippen molar-refractivity contribution < 1.29 is 0 Å². The van der Waals surface area contributed by atoms with Crippen LogP contribution in [0.25, 0.3) is 11.3 Å². The molecule has 22 heavy (non-hydrogen) atoms. The van der Waals surface area contributed by atoms with Crippen molar-refractivity contribution in [3.05, 3.63) is 41.5 Å². The molecule has 0 radical (unpaired) electrons. The second-order valence-corrected chi connectivity index (χ2v) is 6.24. The van der Waals surface area contributed by atoms with Gasteiger partial charge in [0.15, 0.2) is 5.82 Å². The van der Waals surface area contributed by atoms with Gasteiger partial charge in [-0.3, -0.25) is 0 Å². The number of aromatic nitrogens is 2. The van der Waals surface area contributed by atoms with Crippen LogP contribution in [0, 0.1) is 19.8 Å². The molecule has 4 heteroatoms. The molecule has 1 aromatic carbocycles. The Bertz CT molecular complexity index is 628. The van der Waals surface area contributed by atoms with Crippen molar-refractivity contribution in [3.8, 4) is 11.3 Å². The van der Waals surface area contributed by atoms with Gasteiger partial charge in [-0.05, 0) is 68.5 Å². The van der Waals surface area contributed by atoms with Crippen LogP contribution in [0.1, 0.15) is 24.0 Å². The highest BCUT2D eigenvalue weighted by molar-refractivity contribution is 5.61. The Morgan fingerprint density at radius 1 is 1.05 bits per heavy atom. The molecular weight excluding hydrogens is 272 g/mol. The number of hydrogen-bond acceptors (Lipinski definition) is 4. The normalized spacial score (nSPS) is 16.0. The lowest BCUT2D eigenvalue weighted by Crippen LogP contribution is -2.36. The van der Waals surface area contributed by atoms with Gasteiger partial charge in [0, 0.05) is 18.7 Å². The van der Waals surface area contributed by atoms with E-state index in [4.69, 9.17) is 5.73 Å². The summed E-state index contributed by atoms with van der Waals surface area (Å²) in [5.41, 5.74) is 10.4. The first-order chi connectivity index (χ1) is 10.7. The summed E-state index contributed by atoms with van der Waals surface area (Å²) < 4.78 is 0. The first-order valence-electron chi connectivity index (χ1n) is 8.03. The van der Waals surface area contributed by atoms with Crippen LogP contribution in [0.3, 0.4) is 0 Å². The zero-order valence-corrected chi connectivity index (χ0v) is 13.4. The van der Waals surface area contributed by atoms with Crippen molar-refractivity contribution in [2.75, 3.05) is 24.5 Å². The zero-order chi connectivity index (χ0) is 15.5. The fraction of sp³-hybridized carbons (Fsp3) is 0.444. The van der Waals surface area contributed by atoms with Gasteiger partial charge in [0.2, 0.25) is 0 Å². The van der Waals surface area contributed by atoms with Crippen molar-refractivity contribution in [3.63, 3.8) is 0 Å². The Morgan fingerprint density at radius 2 is 1.82 bits per heavy atom. The first-order valence-corrected chi connectivity index (χ1v) is 8.03. The van der Waals surface area contributed by atoms with E-state index in [1.807, 2.05) is 0 Å². The Labute approximate surface area is 132 Å². The molecule has 3 rings (SSSR count). The van der Waals surface area contributed by atoms with Gasteiger partial charge in [-0.2, -0.15) is 0 Å². The molecule has 1 aliphatic heterocycles. The van der Waals surface area contributed by atoms with Crippen LogP contribution in [0.15, 0.2) is 30.3 Å². The van der Waals surface area contributed by atoms with Gasteiger partial charge in [-0.25, -0.2) is 0 Å². The van der Waals surface area contributed by atoms with Crippen molar-refractivity contribution in [2.24, 2.45) is 11.7 Å². The van der Waals surface area contributed by atoms with Crippen molar-refractivity contribution in [1.29, 1.82) is 0 Å². The molecule has 1 saturated heterocycles. The number of hydrogen-bond donors (Lipinski definition) is 1. The quantitative estimate of drug-likeness (QED) is 0.946. The van der Waals surface area contributed by atoms with Crippen LogP contribution in [0.2, 0.25) is 0 Å². The molecule has 1 fully saturated rings. The molecule has 4 nitrogen and oxygen atoms in total. The molecule has 2 aromatic rings. The summed E-state index contributed by atoms with van der Waals surface area (Å²) in [5.74, 6) is 1.64. The van der Waals surface area contributed by atoms with Crippen LogP contribution < -0.4 is 10.6 Å². The highest BCUT2D eigenvalue weighted by atomic mass is 15.3. The third-order valence-corrected chi connectivity index (χ3v) is 4.72. The number of nitrogens with two attached hydrogens (primary N) is 1. The van der Waals surface area contributed by atoms with Crippen LogP contribution in [-0.4, -0.2) is 29.8 Å². The van der Waals surface area contributed by atoms with E-state index in [2.05, 4.69) is 59.3 Å². The molecule has 0 bridgehead atoms. The number of anilines is 1. The minimum absolute atomic E-state index is 0.666. The van der Waals surface area contributed by atoms with Gasteiger partial charge in [0.25, 0.3) is 0 Å². The molecule has 0 spiro atoms. The van der Waals surface area contributed by atoms with E-state index in [1.54, 1.807) is 0 Å². The van der Waals surface area contributed by atoms with E-state index in [9.17, 15) is 0 Å². The van der Waals surface area contributed by atoms with Crippen LogP contribution >= 0.6 is 0 Å². The Kier molecular flexibility index (Phi) is 4.39. The summed E-state index contributed by atoms with van der Waals surface area (Å²) in [6, 6.07) is 10.6. The average Bonchev–Trinajstić information content (AvgIpc) is 2.58. The maximum Gasteiger partial charge on any atom is 0.151 e. The summed E-state index contributed by atoms with van der Waals surface area (Å²) in [6.07, 6.45) is 2.30. The lowest BCUT2D eigenvalue weighted by atomic mass is 9.97. The average molecular weight is 296 g/mol. The summed E-state index contributed by atoms with van der Waals surface area (Å²) in [5, 5.41) is 8.84. The zero-order valence-electron chi connectivity index (χ0n) is 13.4. The minimum atomic E-state index is 0.666. The summed E-state index contributed by atoms with van der Waals surface area (Å²) in [4.78, 5) is 2.31. The largest absolute Gasteiger partial charge is 0.355 e. The fourth-order valence-electron chi connectivity index (χ4n) is 2.95. The fourth-order valence-corrected chi connectivity index (χ4v) is 2.95. The van der Waals surface area contributed by atoms with E-state index in [0.717, 1.165) is 49.6 Å². The maximum atomic E-state index is 5.75. The van der Waals surface area contributed by atoms with E-state index in [0.29, 0.717) is 5.92 Å². The Balaban J connectivity index is 1.74. The molecule has 0 amide bonds. The van der Waals surface area contributed by atoms with Gasteiger partial charge in [-0.15, -0.1) is 10.2 Å². The molecule has 1 aromatic heterocycles. The molecule has 0 unspecified atom stereocenters. The molecule has 0 saturated carbocycles. The Morgan fingerprint density at radius 3 is 2.41 bits per heavy atom. The molecule has 0 aliphatic carbocycles. The van der Waals surface area contributed by atoms with Crippen molar-refractivity contribution in [2.45, 2.75) is 26.7 Å². The number of nitrogens with zero attached hydrogens (tertiary/aromatic N) is 3. The number of benzene rings is 1. The van der Waals surface area contributed by atoms with Gasteiger partial charge in [0.1, 0.15) is 0 Å². The third-order valence-electron chi connectivity index (χ3n) is 4.72. The van der Waals surface area contributed by atoms with Gasteiger partial charge in [0.05, 0.1) is 5.69 Å². The predicted molar refractivity (Wildman–Crippen MR) is 90.9 cm³/mol. The van der Waals surface area contributed by atoms with Crippen LogP contribution in [0.4, 0.5) is 5.82 Å². The van der Waals surface area contributed by atoms with E-state index in [-0.39, 0.29) is 0 Å². The number of piperidine rings is 1. The van der Waals surface area contributed by atoms with E-state index in [1.165, 1.54) is 11.1 Å². The second kappa shape index (κ2) is 6.44. The van der Waals surface area contributed by atoms with E-state index >= 15 is 0 Å². The summed E-state index contributed by atoms with van der Waals surface area (Å²) in [7, 11) is 0. The minimum Gasteiger partial charge on any atom is -0.355 e. The molecule has 0 atom stereocenters. The Hall–Kier alpha value is -1.94. The third kappa shape index (κ3) is 3.12. The molecule has 2 N–H and O–H groups in total. The van der Waals surface area contributed by atoms with Crippen LogP contribution in [0.5, 0.6) is 0 Å². The highest BCUT2D eigenvalue weighted by Gasteiger charge is 2.19. The first kappa shape index (κ1) is 15.0. The molecule has 2 heterocycles. The van der Waals surface area contributed by atoms with E-state index < -0.39 is 0 Å². The lowest BCUT2D eigenvalue weighted by Gasteiger charge is -2.31. The van der Waals surface area contributed by atoms with Crippen molar-refractivity contribution >= 4 is 5.82 Å². The molecule has 1 aliphatic rings. The monoisotopic (exact) mass is 296 g/mol. The summed E-state index contributed by atoms with van der Waals surface area (Å²) in [6.45, 7) is 7.10. The van der Waals surface area contributed by atoms with Gasteiger partial charge in [-0.1, -0.05) is 12.1 Å². The van der Waals surface area contributed by atoms with Gasteiger partial charge >= 0.3 is 0 Å². The molecular formula is C18H24N4. The maximum absolute atomic E-state index is 5.75. The number of aryl methyl sites for hydroxylation is 2. The number of rotatable bonds is 3. The van der Waals surface area contributed by atoms with Gasteiger partial charge < -0.3 is 10.6 Å². The predicted octanol–water partition coefficient (Wildman–Crippen LogP) is 2.94. The molecule has 116 valence electrons. The smallest absolute Gasteiger partial charge is 0.151 e. The summed E-state index contributed by atoms with van der Waals surface area (Å²) >= 11 is 0. The SMILES string of the molecule is Cc1ccc(-c2ccc(N3CCC(CN)CC3)nn2)cc1C. The standard InChI is InChI=1S/C18H24N4/c1-13-3-4-16(11-14(13)2)17-5-6-18(21-20-17)22-9-7-15(12-19)8-10-22/h3-6,11,15H,7-10,12,19H2,1-2H3.